The maximum atomic E-state index is 6.86. The first-order valence-electron chi connectivity index (χ1n) is 19.5. The fraction of sp³-hybridized carbons (Fsp3) is 0. The lowest BCUT2D eigenvalue weighted by Crippen LogP contribution is -2.02. The van der Waals surface area contributed by atoms with Gasteiger partial charge in [-0.1, -0.05) is 103 Å². The molecule has 58 heavy (non-hydrogen) atoms. The molecule has 8 aromatic carbocycles. The Morgan fingerprint density at radius 2 is 0.983 bits per heavy atom. The van der Waals surface area contributed by atoms with Crippen LogP contribution in [-0.2, 0) is 0 Å². The molecule has 6 heteroatoms. The number of aromatic nitrogens is 4. The molecule has 5 heterocycles. The predicted molar refractivity (Wildman–Crippen MR) is 236 cm³/mol. The van der Waals surface area contributed by atoms with Gasteiger partial charge in [0.2, 0.25) is 0 Å². The molecule has 0 radical (unpaired) electrons. The van der Waals surface area contributed by atoms with Crippen molar-refractivity contribution in [1.29, 1.82) is 0 Å². The zero-order chi connectivity index (χ0) is 37.9. The van der Waals surface area contributed by atoms with E-state index >= 15 is 0 Å². The van der Waals surface area contributed by atoms with Crippen molar-refractivity contribution in [3.05, 3.63) is 182 Å². The van der Waals surface area contributed by atoms with E-state index in [4.69, 9.17) is 18.8 Å². The van der Waals surface area contributed by atoms with E-state index in [-0.39, 0.29) is 0 Å². The molecule has 0 bridgehead atoms. The van der Waals surface area contributed by atoms with Gasteiger partial charge in [-0.25, -0.2) is 9.97 Å². The van der Waals surface area contributed by atoms with Crippen molar-refractivity contribution in [3.63, 3.8) is 0 Å². The molecular weight excluding hydrogens is 713 g/mol. The summed E-state index contributed by atoms with van der Waals surface area (Å²) in [5.41, 5.74) is 11.7. The van der Waals surface area contributed by atoms with E-state index in [0.29, 0.717) is 5.82 Å². The number of para-hydroxylation sites is 4. The van der Waals surface area contributed by atoms with E-state index in [1.807, 2.05) is 42.5 Å². The summed E-state index contributed by atoms with van der Waals surface area (Å²) >= 11 is 0. The van der Waals surface area contributed by atoms with Crippen molar-refractivity contribution in [2.45, 2.75) is 0 Å². The molecule has 0 fully saturated rings. The second-order valence-electron chi connectivity index (χ2n) is 15.0. The van der Waals surface area contributed by atoms with Crippen molar-refractivity contribution >= 4 is 87.5 Å². The molecule has 0 aliphatic heterocycles. The van der Waals surface area contributed by atoms with E-state index in [1.54, 1.807) is 0 Å². The highest BCUT2D eigenvalue weighted by atomic mass is 16.3. The zero-order valence-corrected chi connectivity index (χ0v) is 30.9. The third-order valence-electron chi connectivity index (χ3n) is 11.7. The minimum absolute atomic E-state index is 0.636. The maximum absolute atomic E-state index is 6.86. The minimum atomic E-state index is 0.636. The summed E-state index contributed by atoms with van der Waals surface area (Å²) in [6, 6.07) is 63.5. The summed E-state index contributed by atoms with van der Waals surface area (Å²) in [5.74, 6) is 1.41. The minimum Gasteiger partial charge on any atom is -0.456 e. The van der Waals surface area contributed by atoms with Crippen molar-refractivity contribution in [2.24, 2.45) is 0 Å². The van der Waals surface area contributed by atoms with Crippen LogP contribution in [0.5, 0.6) is 0 Å². The summed E-state index contributed by atoms with van der Waals surface area (Å²) < 4.78 is 17.6. The number of benzene rings is 8. The van der Waals surface area contributed by atoms with Gasteiger partial charge >= 0.3 is 0 Å². The van der Waals surface area contributed by atoms with Crippen LogP contribution in [0.3, 0.4) is 0 Å². The van der Waals surface area contributed by atoms with Gasteiger partial charge in [0.25, 0.3) is 0 Å². The number of rotatable bonds is 4. The summed E-state index contributed by atoms with van der Waals surface area (Å²) in [6.07, 6.45) is 0. The molecule has 0 unspecified atom stereocenters. The first-order chi connectivity index (χ1) is 28.7. The molecule has 13 aromatic rings. The molecule has 0 N–H and O–H groups in total. The van der Waals surface area contributed by atoms with Gasteiger partial charge < -0.3 is 13.4 Å². The SMILES string of the molecule is c1ccc(-c2cc(-n3c4ccccc4c4c5oc6ccc(-n7c8ccccc8c8ccccc87)cc6c5ccc43)nc(-c3ccc4oc5ccccc5c4c3)n2)cc1. The van der Waals surface area contributed by atoms with Crippen LogP contribution in [0.25, 0.3) is 122 Å². The zero-order valence-electron chi connectivity index (χ0n) is 30.9. The van der Waals surface area contributed by atoms with Crippen LogP contribution in [-0.4, -0.2) is 19.1 Å². The average molecular weight is 743 g/mol. The van der Waals surface area contributed by atoms with Crippen LogP contribution in [0.1, 0.15) is 0 Å². The number of hydrogen-bond acceptors (Lipinski definition) is 4. The van der Waals surface area contributed by atoms with Crippen molar-refractivity contribution in [2.75, 3.05) is 0 Å². The third kappa shape index (κ3) is 4.42. The van der Waals surface area contributed by atoms with Gasteiger partial charge in [0, 0.05) is 60.6 Å². The third-order valence-corrected chi connectivity index (χ3v) is 11.7. The van der Waals surface area contributed by atoms with Gasteiger partial charge in [0.1, 0.15) is 28.1 Å². The molecule has 5 aromatic heterocycles. The summed E-state index contributed by atoms with van der Waals surface area (Å²) in [4.78, 5) is 10.5. The Morgan fingerprint density at radius 1 is 0.362 bits per heavy atom. The van der Waals surface area contributed by atoms with Crippen LogP contribution in [0, 0.1) is 0 Å². The molecule has 6 nitrogen and oxygen atoms in total. The van der Waals surface area contributed by atoms with E-state index in [1.165, 1.54) is 21.8 Å². The van der Waals surface area contributed by atoms with E-state index < -0.39 is 0 Å². The first kappa shape index (κ1) is 31.3. The second-order valence-corrected chi connectivity index (χ2v) is 15.0. The van der Waals surface area contributed by atoms with Crippen molar-refractivity contribution in [1.82, 2.24) is 19.1 Å². The Labute approximate surface area is 330 Å². The lowest BCUT2D eigenvalue weighted by molar-refractivity contribution is 0.669. The Morgan fingerprint density at radius 3 is 1.78 bits per heavy atom. The number of nitrogens with zero attached hydrogens (tertiary/aromatic N) is 4. The highest BCUT2D eigenvalue weighted by Crippen LogP contribution is 2.42. The summed E-state index contributed by atoms with van der Waals surface area (Å²) in [6.45, 7) is 0. The van der Waals surface area contributed by atoms with Crippen LogP contribution in [0.4, 0.5) is 0 Å². The van der Waals surface area contributed by atoms with Gasteiger partial charge in [-0.2, -0.15) is 0 Å². The Hall–Kier alpha value is -7.96. The normalized spacial score (nSPS) is 12.1. The molecule has 0 saturated carbocycles. The monoisotopic (exact) mass is 742 g/mol. The Bertz CT molecular complexity index is 3760. The average Bonchev–Trinajstić information content (AvgIpc) is 4.03. The van der Waals surface area contributed by atoms with E-state index in [0.717, 1.165) is 94.0 Å². The fourth-order valence-corrected chi connectivity index (χ4v) is 9.16. The van der Waals surface area contributed by atoms with Gasteiger partial charge in [0.15, 0.2) is 5.82 Å². The van der Waals surface area contributed by atoms with Gasteiger partial charge in [-0.15, -0.1) is 0 Å². The van der Waals surface area contributed by atoms with Gasteiger partial charge in [-0.3, -0.25) is 4.57 Å². The van der Waals surface area contributed by atoms with E-state index in [2.05, 4.69) is 149 Å². The van der Waals surface area contributed by atoms with Crippen molar-refractivity contribution < 1.29 is 8.83 Å². The standard InChI is InChI=1S/C52H30N4O2/c1-2-12-31(13-3-1)41-30-49(54-52(53-41)32-22-26-47-39(28-32)36-16-7-11-21-46(36)57-47)56-44-20-10-6-17-38(44)50-45(56)25-24-37-40-29-33(23-27-48(40)58-51(37)50)55-42-18-8-4-14-34(42)35-15-5-9-19-43(35)55/h1-30H. The topological polar surface area (TPSA) is 61.9 Å². The molecule has 0 aliphatic carbocycles. The van der Waals surface area contributed by atoms with Crippen LogP contribution in [0.2, 0.25) is 0 Å². The Balaban J connectivity index is 1.05. The summed E-state index contributed by atoms with van der Waals surface area (Å²) in [5, 5.41) is 8.88. The van der Waals surface area contributed by atoms with E-state index in [9.17, 15) is 0 Å². The highest BCUT2D eigenvalue weighted by molar-refractivity contribution is 6.24. The molecule has 0 atom stereocenters. The summed E-state index contributed by atoms with van der Waals surface area (Å²) in [7, 11) is 0. The molecular formula is C52H30N4O2. The van der Waals surface area contributed by atoms with Crippen LogP contribution >= 0.6 is 0 Å². The smallest absolute Gasteiger partial charge is 0.162 e. The largest absolute Gasteiger partial charge is 0.456 e. The Kier molecular flexibility index (Phi) is 6.35. The lowest BCUT2D eigenvalue weighted by Gasteiger charge is -2.12. The van der Waals surface area contributed by atoms with Crippen molar-refractivity contribution in [3.8, 4) is 34.2 Å². The lowest BCUT2D eigenvalue weighted by atomic mass is 10.1. The fourth-order valence-electron chi connectivity index (χ4n) is 9.16. The van der Waals surface area contributed by atoms with Gasteiger partial charge in [-0.05, 0) is 72.8 Å². The van der Waals surface area contributed by atoms with Crippen LogP contribution in [0.15, 0.2) is 191 Å². The molecule has 0 saturated heterocycles. The number of fused-ring (bicyclic) bond motifs is 13. The molecule has 0 amide bonds. The number of furan rings is 2. The quantitative estimate of drug-likeness (QED) is 0.180. The number of hydrogen-bond donors (Lipinski definition) is 0. The molecule has 0 spiro atoms. The molecule has 13 rings (SSSR count). The van der Waals surface area contributed by atoms with Crippen LogP contribution < -0.4 is 0 Å². The highest BCUT2D eigenvalue weighted by Gasteiger charge is 2.22. The molecule has 270 valence electrons. The maximum Gasteiger partial charge on any atom is 0.162 e. The van der Waals surface area contributed by atoms with Gasteiger partial charge in [0.05, 0.1) is 33.1 Å². The second kappa shape index (κ2) is 11.8. The first-order valence-corrected chi connectivity index (χ1v) is 19.5. The molecule has 0 aliphatic rings. The predicted octanol–water partition coefficient (Wildman–Crippen LogP) is 13.8.